The van der Waals surface area contributed by atoms with Crippen molar-refractivity contribution in [2.45, 2.75) is 12.8 Å². The molecule has 0 fully saturated rings. The fourth-order valence-corrected chi connectivity index (χ4v) is 6.49. The second kappa shape index (κ2) is 6.10. The minimum atomic E-state index is 0.902. The molecule has 35 heavy (non-hydrogen) atoms. The molecule has 2 aliphatic rings. The Kier molecular flexibility index (Phi) is 3.11. The molecule has 0 radical (unpaired) electrons. The molecule has 4 aromatic heterocycles. The lowest BCUT2D eigenvalue weighted by Gasteiger charge is -2.10. The molecule has 0 bridgehead atoms. The zero-order valence-corrected chi connectivity index (χ0v) is 18.8. The summed E-state index contributed by atoms with van der Waals surface area (Å²) < 4.78 is 2.28. The predicted molar refractivity (Wildman–Crippen MR) is 140 cm³/mol. The Morgan fingerprint density at radius 1 is 0.571 bits per heavy atom. The summed E-state index contributed by atoms with van der Waals surface area (Å²) in [5.41, 5.74) is 17.1. The second-order valence-corrected chi connectivity index (χ2v) is 9.65. The molecule has 0 unspecified atom stereocenters. The highest BCUT2D eigenvalue weighted by molar-refractivity contribution is 6.12. The van der Waals surface area contributed by atoms with Crippen LogP contribution in [0.4, 0.5) is 0 Å². The molecule has 2 aliphatic carbocycles. The zero-order valence-electron chi connectivity index (χ0n) is 18.8. The van der Waals surface area contributed by atoms with Gasteiger partial charge >= 0.3 is 0 Å². The molecule has 0 saturated heterocycles. The molecule has 0 saturated carbocycles. The van der Waals surface area contributed by atoms with Crippen LogP contribution < -0.4 is 0 Å². The molecule has 4 heteroatoms. The lowest BCUT2D eigenvalue weighted by atomic mass is 9.94. The van der Waals surface area contributed by atoms with E-state index in [0.29, 0.717) is 0 Å². The molecule has 162 valence electrons. The summed E-state index contributed by atoms with van der Waals surface area (Å²) in [6.45, 7) is 0. The summed E-state index contributed by atoms with van der Waals surface area (Å²) in [5, 5.41) is 1.03. The standard InChI is InChI=1S/C31H18N4/c1-2-6-20-17(5-1)16-23-21(20)11-9-18-15-19-10-12-25-29(27(19)26(18)23)34-31-22-7-3-13-32-28(22)30-24(35(25)31)8-4-14-33-30/h1-14H,15-16H2. The van der Waals surface area contributed by atoms with E-state index in [9.17, 15) is 0 Å². The van der Waals surface area contributed by atoms with Crippen LogP contribution in [0.5, 0.6) is 0 Å². The average molecular weight is 447 g/mol. The Bertz CT molecular complexity index is 2070. The SMILES string of the molecule is c1ccc2c(c1)Cc1c-2ccc2c1-c1c(ccc3c1nc1c4cccnc4c4ncccc4n31)C2. The molecule has 9 rings (SSSR count). The van der Waals surface area contributed by atoms with E-state index < -0.39 is 0 Å². The van der Waals surface area contributed by atoms with E-state index in [-0.39, 0.29) is 0 Å². The van der Waals surface area contributed by atoms with Crippen LogP contribution >= 0.6 is 0 Å². The van der Waals surface area contributed by atoms with Crippen molar-refractivity contribution in [2.75, 3.05) is 0 Å². The van der Waals surface area contributed by atoms with Crippen LogP contribution in [0.2, 0.25) is 0 Å². The number of hydrogen-bond donors (Lipinski definition) is 0. The van der Waals surface area contributed by atoms with E-state index in [2.05, 4.69) is 65.1 Å². The van der Waals surface area contributed by atoms with E-state index in [0.717, 1.165) is 51.5 Å². The molecule has 4 heterocycles. The molecular weight excluding hydrogens is 428 g/mol. The Morgan fingerprint density at radius 2 is 1.37 bits per heavy atom. The van der Waals surface area contributed by atoms with E-state index in [1.807, 2.05) is 24.5 Å². The summed E-state index contributed by atoms with van der Waals surface area (Å²) in [7, 11) is 0. The highest BCUT2D eigenvalue weighted by Gasteiger charge is 2.31. The van der Waals surface area contributed by atoms with Crippen molar-refractivity contribution in [3.8, 4) is 22.3 Å². The lowest BCUT2D eigenvalue weighted by molar-refractivity contribution is 1.23. The van der Waals surface area contributed by atoms with E-state index in [4.69, 9.17) is 15.0 Å². The van der Waals surface area contributed by atoms with Crippen LogP contribution in [-0.4, -0.2) is 19.4 Å². The van der Waals surface area contributed by atoms with Gasteiger partial charge in [0.05, 0.1) is 16.6 Å². The van der Waals surface area contributed by atoms with Crippen LogP contribution in [0.15, 0.2) is 85.2 Å². The quantitative estimate of drug-likeness (QED) is 0.243. The Morgan fingerprint density at radius 3 is 2.34 bits per heavy atom. The van der Waals surface area contributed by atoms with Gasteiger partial charge in [0, 0.05) is 23.3 Å². The van der Waals surface area contributed by atoms with E-state index >= 15 is 0 Å². The Balaban J connectivity index is 1.45. The first kappa shape index (κ1) is 17.8. The van der Waals surface area contributed by atoms with Crippen LogP contribution in [0.1, 0.15) is 22.3 Å². The van der Waals surface area contributed by atoms with Gasteiger partial charge in [-0.3, -0.25) is 14.4 Å². The van der Waals surface area contributed by atoms with Crippen molar-refractivity contribution in [3.63, 3.8) is 0 Å². The fraction of sp³-hybridized carbons (Fsp3) is 0.0645. The second-order valence-electron chi connectivity index (χ2n) is 9.65. The normalized spacial score (nSPS) is 13.5. The summed E-state index contributed by atoms with van der Waals surface area (Å²) in [6.07, 6.45) is 5.63. The van der Waals surface area contributed by atoms with Crippen molar-refractivity contribution in [1.29, 1.82) is 0 Å². The molecular formula is C31H18N4. The molecule has 0 N–H and O–H groups in total. The van der Waals surface area contributed by atoms with Crippen molar-refractivity contribution < 1.29 is 0 Å². The first-order valence-electron chi connectivity index (χ1n) is 12.1. The van der Waals surface area contributed by atoms with E-state index in [1.54, 1.807) is 0 Å². The number of pyridine rings is 3. The van der Waals surface area contributed by atoms with Gasteiger partial charge in [0.1, 0.15) is 16.7 Å². The zero-order chi connectivity index (χ0) is 22.7. The molecule has 0 spiro atoms. The number of benzene rings is 3. The number of rotatable bonds is 0. The molecule has 0 amide bonds. The molecule has 7 aromatic rings. The van der Waals surface area contributed by atoms with Crippen LogP contribution in [0.25, 0.3) is 60.9 Å². The maximum Gasteiger partial charge on any atom is 0.148 e. The topological polar surface area (TPSA) is 43.1 Å². The van der Waals surface area contributed by atoms with Gasteiger partial charge in [-0.05, 0) is 82.1 Å². The third-order valence-corrected chi connectivity index (χ3v) is 7.92. The van der Waals surface area contributed by atoms with Crippen molar-refractivity contribution in [3.05, 3.63) is 107 Å². The van der Waals surface area contributed by atoms with Crippen LogP contribution in [-0.2, 0) is 12.8 Å². The first-order chi connectivity index (χ1) is 17.4. The van der Waals surface area contributed by atoms with Gasteiger partial charge in [-0.1, -0.05) is 42.5 Å². The van der Waals surface area contributed by atoms with Crippen molar-refractivity contribution >= 4 is 38.6 Å². The van der Waals surface area contributed by atoms with Gasteiger partial charge in [0.2, 0.25) is 0 Å². The largest absolute Gasteiger partial charge is 0.290 e. The predicted octanol–water partition coefficient (Wildman–Crippen LogP) is 6.73. The number of nitrogens with zero attached hydrogens (tertiary/aromatic N) is 4. The third-order valence-electron chi connectivity index (χ3n) is 7.92. The highest BCUT2D eigenvalue weighted by atomic mass is 15.0. The fourth-order valence-electron chi connectivity index (χ4n) is 6.49. The van der Waals surface area contributed by atoms with Gasteiger partial charge in [0.15, 0.2) is 0 Å². The average Bonchev–Trinajstić information content (AvgIpc) is 3.59. The number of fused-ring (bicyclic) bond motifs is 16. The smallest absolute Gasteiger partial charge is 0.148 e. The summed E-state index contributed by atoms with van der Waals surface area (Å²) in [6, 6.07) is 26.2. The summed E-state index contributed by atoms with van der Waals surface area (Å²) in [4.78, 5) is 14.7. The first-order valence-corrected chi connectivity index (χ1v) is 12.1. The monoisotopic (exact) mass is 446 g/mol. The van der Waals surface area contributed by atoms with Gasteiger partial charge in [-0.2, -0.15) is 0 Å². The highest BCUT2D eigenvalue weighted by Crippen LogP contribution is 2.49. The van der Waals surface area contributed by atoms with E-state index in [1.165, 1.54) is 44.5 Å². The van der Waals surface area contributed by atoms with Gasteiger partial charge in [-0.25, -0.2) is 4.98 Å². The maximum atomic E-state index is 5.33. The third kappa shape index (κ3) is 2.11. The Labute approximate surface area is 200 Å². The number of aromatic nitrogens is 4. The summed E-state index contributed by atoms with van der Waals surface area (Å²) in [5.74, 6) is 0. The van der Waals surface area contributed by atoms with Gasteiger partial charge in [-0.15, -0.1) is 0 Å². The van der Waals surface area contributed by atoms with Gasteiger partial charge < -0.3 is 0 Å². The van der Waals surface area contributed by atoms with Crippen molar-refractivity contribution in [2.24, 2.45) is 0 Å². The van der Waals surface area contributed by atoms with Crippen molar-refractivity contribution in [1.82, 2.24) is 19.4 Å². The number of hydrogen-bond acceptors (Lipinski definition) is 3. The Hall–Kier alpha value is -4.57. The lowest BCUT2D eigenvalue weighted by Crippen LogP contribution is -1.94. The summed E-state index contributed by atoms with van der Waals surface area (Å²) >= 11 is 0. The maximum absolute atomic E-state index is 5.33. The molecule has 0 atom stereocenters. The minimum absolute atomic E-state index is 0.902. The molecule has 4 nitrogen and oxygen atoms in total. The van der Waals surface area contributed by atoms with Crippen LogP contribution in [0, 0.1) is 0 Å². The van der Waals surface area contributed by atoms with Gasteiger partial charge in [0.25, 0.3) is 0 Å². The molecule has 3 aromatic carbocycles. The minimum Gasteiger partial charge on any atom is -0.290 e. The number of imidazole rings is 1. The van der Waals surface area contributed by atoms with Crippen LogP contribution in [0.3, 0.4) is 0 Å². The molecule has 0 aliphatic heterocycles.